The molecule has 24 heavy (non-hydrogen) atoms. The Morgan fingerprint density at radius 1 is 1.21 bits per heavy atom. The summed E-state index contributed by atoms with van der Waals surface area (Å²) in [5.41, 5.74) is -0.806. The van der Waals surface area contributed by atoms with Gasteiger partial charge in [-0.25, -0.2) is 0 Å². The molecule has 1 heterocycles. The highest BCUT2D eigenvalue weighted by molar-refractivity contribution is 7.99. The first-order valence-corrected chi connectivity index (χ1v) is 8.97. The summed E-state index contributed by atoms with van der Waals surface area (Å²) in [5, 5.41) is 32.0. The quantitative estimate of drug-likeness (QED) is 0.548. The molecule has 0 aromatic heterocycles. The summed E-state index contributed by atoms with van der Waals surface area (Å²) in [5.74, 6) is -0.950. The first-order valence-electron chi connectivity index (χ1n) is 6.96. The van der Waals surface area contributed by atoms with Gasteiger partial charge < -0.3 is 25.4 Å². The zero-order valence-electron chi connectivity index (χ0n) is 12.2. The summed E-state index contributed by atoms with van der Waals surface area (Å²) < 4.78 is 3.39. The highest BCUT2D eigenvalue weighted by atomic mass is 35.6. The summed E-state index contributed by atoms with van der Waals surface area (Å²) in [7, 11) is 0. The maximum atomic E-state index is 11.9. The Morgan fingerprint density at radius 2 is 1.83 bits per heavy atom. The number of nitrogens with one attached hydrogen (secondary N) is 1. The lowest BCUT2D eigenvalue weighted by atomic mass is 9.98. The minimum absolute atomic E-state index is 0.491. The first-order chi connectivity index (χ1) is 11.2. The molecule has 4 N–H and O–H groups in total. The monoisotopic (exact) mass is 415 g/mol. The number of halogens is 3. The first kappa shape index (κ1) is 20.1. The molecule has 1 amide bonds. The van der Waals surface area contributed by atoms with Crippen LogP contribution >= 0.6 is 46.6 Å². The van der Waals surface area contributed by atoms with E-state index in [1.165, 1.54) is 11.8 Å². The molecule has 3 unspecified atom stereocenters. The average Bonchev–Trinajstić information content (AvgIpc) is 2.54. The highest BCUT2D eigenvalue weighted by Gasteiger charge is 2.47. The molecule has 0 aliphatic carbocycles. The zero-order valence-corrected chi connectivity index (χ0v) is 15.3. The number of benzene rings is 1. The normalized spacial score (nSPS) is 30.8. The van der Waals surface area contributed by atoms with Crippen molar-refractivity contribution in [1.82, 2.24) is 5.32 Å². The zero-order chi connectivity index (χ0) is 17.9. The molecule has 1 aliphatic rings. The molecular weight excluding hydrogens is 401 g/mol. The van der Waals surface area contributed by atoms with E-state index in [1.54, 1.807) is 0 Å². The van der Waals surface area contributed by atoms with Crippen LogP contribution in [0.2, 0.25) is 0 Å². The van der Waals surface area contributed by atoms with E-state index in [4.69, 9.17) is 39.5 Å². The van der Waals surface area contributed by atoms with Crippen LogP contribution in [-0.4, -0.2) is 61.4 Å². The van der Waals surface area contributed by atoms with Gasteiger partial charge in [0.1, 0.15) is 23.7 Å². The van der Waals surface area contributed by atoms with E-state index in [1.807, 2.05) is 30.3 Å². The summed E-state index contributed by atoms with van der Waals surface area (Å²) >= 11 is 17.8. The lowest BCUT2D eigenvalue weighted by Gasteiger charge is -2.42. The van der Waals surface area contributed by atoms with Gasteiger partial charge in [-0.3, -0.25) is 4.79 Å². The van der Waals surface area contributed by atoms with Crippen molar-refractivity contribution in [3.63, 3.8) is 0 Å². The third-order valence-electron chi connectivity index (χ3n) is 3.43. The second-order valence-corrected chi connectivity index (χ2v) is 8.59. The molecule has 1 saturated heterocycles. The number of hydrogen-bond donors (Lipinski definition) is 4. The van der Waals surface area contributed by atoms with Crippen molar-refractivity contribution in [3.8, 4) is 0 Å². The van der Waals surface area contributed by atoms with Crippen LogP contribution in [0.3, 0.4) is 0 Å². The SMILES string of the molecule is O=C(NC1C(O)[C@H](O)C(CO)O[C@H]1Sc1ccccc1)C(Cl)(Cl)Cl. The number of rotatable bonds is 4. The van der Waals surface area contributed by atoms with Crippen molar-refractivity contribution in [2.24, 2.45) is 0 Å². The smallest absolute Gasteiger partial charge is 0.272 e. The van der Waals surface area contributed by atoms with Crippen LogP contribution in [0.4, 0.5) is 0 Å². The Kier molecular flexibility index (Phi) is 7.04. The van der Waals surface area contributed by atoms with Crippen LogP contribution in [0, 0.1) is 0 Å². The van der Waals surface area contributed by atoms with Gasteiger partial charge in [-0.05, 0) is 12.1 Å². The molecule has 1 aromatic carbocycles. The van der Waals surface area contributed by atoms with Crippen LogP contribution < -0.4 is 5.32 Å². The predicted octanol–water partition coefficient (Wildman–Crippen LogP) is 1.07. The Morgan fingerprint density at radius 3 is 2.38 bits per heavy atom. The molecule has 2 rings (SSSR count). The number of alkyl halides is 3. The van der Waals surface area contributed by atoms with E-state index < -0.39 is 46.1 Å². The van der Waals surface area contributed by atoms with Crippen molar-refractivity contribution < 1.29 is 24.9 Å². The summed E-state index contributed by atoms with van der Waals surface area (Å²) in [6, 6.07) is 8.05. The summed E-state index contributed by atoms with van der Waals surface area (Å²) in [6.45, 7) is -0.491. The molecule has 10 heteroatoms. The highest BCUT2D eigenvalue weighted by Crippen LogP contribution is 2.34. The number of amides is 1. The molecule has 0 saturated carbocycles. The molecule has 1 aromatic rings. The van der Waals surface area contributed by atoms with E-state index >= 15 is 0 Å². The van der Waals surface area contributed by atoms with Crippen molar-refractivity contribution in [3.05, 3.63) is 30.3 Å². The molecule has 6 nitrogen and oxygen atoms in total. The lowest BCUT2D eigenvalue weighted by molar-refractivity contribution is -0.173. The number of hydrogen-bond acceptors (Lipinski definition) is 6. The maximum absolute atomic E-state index is 11.9. The predicted molar refractivity (Wildman–Crippen MR) is 92.3 cm³/mol. The second-order valence-electron chi connectivity index (χ2n) is 5.13. The van der Waals surface area contributed by atoms with Crippen molar-refractivity contribution in [1.29, 1.82) is 0 Å². The third kappa shape index (κ3) is 4.89. The van der Waals surface area contributed by atoms with Crippen LogP contribution in [0.15, 0.2) is 35.2 Å². The van der Waals surface area contributed by atoms with Crippen LogP contribution in [-0.2, 0) is 9.53 Å². The number of aliphatic hydroxyl groups excluding tert-OH is 3. The van der Waals surface area contributed by atoms with E-state index in [9.17, 15) is 20.1 Å². The molecule has 5 atom stereocenters. The van der Waals surface area contributed by atoms with Crippen molar-refractivity contribution >= 4 is 52.5 Å². The van der Waals surface area contributed by atoms with Gasteiger partial charge in [0.25, 0.3) is 9.70 Å². The lowest BCUT2D eigenvalue weighted by Crippen LogP contribution is -2.64. The summed E-state index contributed by atoms with van der Waals surface area (Å²) in [6.07, 6.45) is -3.81. The Labute approximate surface area is 158 Å². The standard InChI is InChI=1S/C14H16Cl3NO5S/c15-14(16,17)13(22)18-9-11(21)10(20)8(6-19)23-12(9)24-7-4-2-1-3-5-7/h1-5,8-12,19-21H,6H2,(H,18,22)/t8?,9?,10-,11?,12+/m1/s1. The average molecular weight is 417 g/mol. The molecule has 1 fully saturated rings. The van der Waals surface area contributed by atoms with Crippen LogP contribution in [0.5, 0.6) is 0 Å². The Balaban J connectivity index is 2.22. The molecule has 134 valence electrons. The number of aliphatic hydroxyl groups is 3. The molecule has 0 radical (unpaired) electrons. The number of thioether (sulfide) groups is 1. The van der Waals surface area contributed by atoms with Crippen LogP contribution in [0.25, 0.3) is 0 Å². The Bertz CT molecular complexity index is 559. The third-order valence-corrected chi connectivity index (χ3v) is 5.13. The van der Waals surface area contributed by atoms with Crippen molar-refractivity contribution in [2.45, 2.75) is 38.5 Å². The summed E-state index contributed by atoms with van der Waals surface area (Å²) in [4.78, 5) is 12.7. The minimum Gasteiger partial charge on any atom is -0.394 e. The minimum atomic E-state index is -2.22. The van der Waals surface area contributed by atoms with Gasteiger partial charge in [0, 0.05) is 4.90 Å². The fraction of sp³-hybridized carbons (Fsp3) is 0.500. The van der Waals surface area contributed by atoms with Gasteiger partial charge in [0.15, 0.2) is 0 Å². The molecule has 0 bridgehead atoms. The van der Waals surface area contributed by atoms with E-state index in [-0.39, 0.29) is 0 Å². The molecule has 0 spiro atoms. The van der Waals surface area contributed by atoms with E-state index in [0.717, 1.165) is 4.90 Å². The van der Waals surface area contributed by atoms with Crippen molar-refractivity contribution in [2.75, 3.05) is 6.61 Å². The number of ether oxygens (including phenoxy) is 1. The van der Waals surface area contributed by atoms with Crippen LogP contribution in [0.1, 0.15) is 0 Å². The van der Waals surface area contributed by atoms with Gasteiger partial charge in [0.05, 0.1) is 12.6 Å². The topological polar surface area (TPSA) is 99.0 Å². The second kappa shape index (κ2) is 8.42. The van der Waals surface area contributed by atoms with Gasteiger partial charge >= 0.3 is 0 Å². The maximum Gasteiger partial charge on any atom is 0.272 e. The van der Waals surface area contributed by atoms with E-state index in [0.29, 0.717) is 0 Å². The Hall–Kier alpha value is -0.250. The van der Waals surface area contributed by atoms with E-state index in [2.05, 4.69) is 5.32 Å². The van der Waals surface area contributed by atoms with Gasteiger partial charge in [-0.1, -0.05) is 64.8 Å². The molecule has 1 aliphatic heterocycles. The number of carbonyl (C=O) groups is 1. The fourth-order valence-electron chi connectivity index (χ4n) is 2.20. The van der Waals surface area contributed by atoms with Gasteiger partial charge in [-0.2, -0.15) is 0 Å². The molecular formula is C14H16Cl3NO5S. The number of carbonyl (C=O) groups excluding carboxylic acids is 1. The fourth-order valence-corrected chi connectivity index (χ4v) is 3.52. The largest absolute Gasteiger partial charge is 0.394 e. The van der Waals surface area contributed by atoms with Gasteiger partial charge in [-0.15, -0.1) is 0 Å². The van der Waals surface area contributed by atoms with Gasteiger partial charge in [0.2, 0.25) is 0 Å².